The van der Waals surface area contributed by atoms with Gasteiger partial charge in [-0.05, 0) is 18.6 Å². The van der Waals surface area contributed by atoms with Crippen LogP contribution in [0.3, 0.4) is 0 Å². The normalized spacial score (nSPS) is 10.5. The van der Waals surface area contributed by atoms with E-state index < -0.39 is 0 Å². The Hall–Kier alpha value is -1.85. The molecule has 1 heterocycles. The van der Waals surface area contributed by atoms with Crippen molar-refractivity contribution in [3.8, 4) is 17.4 Å². The molecule has 0 atom stereocenters. The van der Waals surface area contributed by atoms with E-state index in [0.29, 0.717) is 11.3 Å². The second kappa shape index (κ2) is 5.86. The number of methoxy groups -OCH3 is 1. The third-order valence-electron chi connectivity index (χ3n) is 2.55. The molecule has 0 aliphatic heterocycles. The lowest BCUT2D eigenvalue weighted by Crippen LogP contribution is -1.99. The van der Waals surface area contributed by atoms with Gasteiger partial charge in [-0.2, -0.15) is 0 Å². The van der Waals surface area contributed by atoms with E-state index in [-0.39, 0.29) is 23.4 Å². The van der Waals surface area contributed by atoms with Gasteiger partial charge in [-0.1, -0.05) is 29.8 Å². The summed E-state index contributed by atoms with van der Waals surface area (Å²) in [5.74, 6) is 0.439. The Morgan fingerprint density at radius 2 is 2.00 bits per heavy atom. The maximum Gasteiger partial charge on any atom is 0.282 e. The summed E-state index contributed by atoms with van der Waals surface area (Å²) >= 11 is 5.85. The Labute approximate surface area is 115 Å². The zero-order valence-electron chi connectivity index (χ0n) is 10.6. The van der Waals surface area contributed by atoms with Crippen LogP contribution in [-0.2, 0) is 11.3 Å². The highest BCUT2D eigenvalue weighted by Gasteiger charge is 2.16. The van der Waals surface area contributed by atoms with E-state index in [0.717, 1.165) is 5.56 Å². The van der Waals surface area contributed by atoms with Crippen LogP contribution < -0.4 is 4.74 Å². The fraction of sp³-hybridized carbons (Fsp3) is 0.231. The van der Waals surface area contributed by atoms with Gasteiger partial charge in [0.05, 0.1) is 12.2 Å². The first-order chi connectivity index (χ1) is 9.13. The number of aromatic nitrogens is 2. The van der Waals surface area contributed by atoms with Crippen molar-refractivity contribution in [2.45, 2.75) is 13.5 Å². The number of hydrogen-bond acceptors (Lipinski definition) is 5. The smallest absolute Gasteiger partial charge is 0.282 e. The number of aromatic hydroxyl groups is 1. The molecule has 0 aliphatic carbocycles. The van der Waals surface area contributed by atoms with Crippen molar-refractivity contribution < 1.29 is 14.6 Å². The lowest BCUT2D eigenvalue weighted by atomic mass is 10.2. The number of halogens is 1. The summed E-state index contributed by atoms with van der Waals surface area (Å²) in [5, 5.41) is 17.6. The van der Waals surface area contributed by atoms with E-state index in [2.05, 4.69) is 10.2 Å². The molecule has 0 bridgehead atoms. The molecule has 100 valence electrons. The fourth-order valence-corrected chi connectivity index (χ4v) is 1.72. The van der Waals surface area contributed by atoms with Crippen LogP contribution in [0.1, 0.15) is 11.1 Å². The lowest BCUT2D eigenvalue weighted by Gasteiger charge is -2.11. The minimum absolute atomic E-state index is 0.00532. The van der Waals surface area contributed by atoms with Crippen molar-refractivity contribution in [2.75, 3.05) is 7.11 Å². The largest absolute Gasteiger partial charge is 0.503 e. The van der Waals surface area contributed by atoms with E-state index in [1.807, 2.05) is 25.1 Å². The van der Waals surface area contributed by atoms with Gasteiger partial charge in [-0.15, -0.1) is 10.2 Å². The van der Waals surface area contributed by atoms with Gasteiger partial charge < -0.3 is 14.6 Å². The van der Waals surface area contributed by atoms with Crippen LogP contribution in [0.5, 0.6) is 17.4 Å². The van der Waals surface area contributed by atoms with Crippen LogP contribution in [0, 0.1) is 6.92 Å². The molecule has 0 aliphatic rings. The summed E-state index contributed by atoms with van der Waals surface area (Å²) in [5.41, 5.74) is 1.27. The Balaban J connectivity index is 2.36. The van der Waals surface area contributed by atoms with Gasteiger partial charge in [0.15, 0.2) is 10.9 Å². The second-order valence-electron chi connectivity index (χ2n) is 3.92. The van der Waals surface area contributed by atoms with E-state index >= 15 is 0 Å². The lowest BCUT2D eigenvalue weighted by molar-refractivity contribution is 0.180. The molecule has 0 saturated heterocycles. The molecule has 1 aromatic heterocycles. The van der Waals surface area contributed by atoms with Crippen LogP contribution in [0.25, 0.3) is 0 Å². The zero-order chi connectivity index (χ0) is 13.8. The van der Waals surface area contributed by atoms with Gasteiger partial charge in [0.2, 0.25) is 0 Å². The molecule has 1 N–H and O–H groups in total. The molecule has 0 saturated carbocycles. The van der Waals surface area contributed by atoms with E-state index in [4.69, 9.17) is 21.1 Å². The average molecular weight is 281 g/mol. The van der Waals surface area contributed by atoms with Crippen molar-refractivity contribution in [1.82, 2.24) is 10.2 Å². The number of hydrogen-bond donors (Lipinski definition) is 1. The van der Waals surface area contributed by atoms with Crippen molar-refractivity contribution in [3.05, 3.63) is 40.5 Å². The van der Waals surface area contributed by atoms with Crippen LogP contribution in [-0.4, -0.2) is 22.4 Å². The summed E-state index contributed by atoms with van der Waals surface area (Å²) in [4.78, 5) is 0. The van der Waals surface area contributed by atoms with Crippen molar-refractivity contribution in [3.63, 3.8) is 0 Å². The number of aryl methyl sites for hydroxylation is 1. The van der Waals surface area contributed by atoms with Crippen molar-refractivity contribution >= 4 is 11.6 Å². The predicted molar refractivity (Wildman–Crippen MR) is 70.7 cm³/mol. The first kappa shape index (κ1) is 13.6. The number of nitrogens with zero attached hydrogens (tertiary/aromatic N) is 2. The van der Waals surface area contributed by atoms with Gasteiger partial charge >= 0.3 is 0 Å². The minimum Gasteiger partial charge on any atom is -0.503 e. The summed E-state index contributed by atoms with van der Waals surface area (Å²) in [6, 6.07) is 7.40. The molecular weight excluding hydrogens is 268 g/mol. The molecule has 2 rings (SSSR count). The Morgan fingerprint density at radius 1 is 1.26 bits per heavy atom. The predicted octanol–water partition coefficient (Wildman–Crippen LogP) is 3.08. The molecule has 0 radical (unpaired) electrons. The van der Waals surface area contributed by atoms with Crippen LogP contribution >= 0.6 is 11.6 Å². The molecule has 19 heavy (non-hydrogen) atoms. The Kier molecular flexibility index (Phi) is 4.19. The van der Waals surface area contributed by atoms with E-state index in [1.54, 1.807) is 6.07 Å². The van der Waals surface area contributed by atoms with Crippen LogP contribution in [0.4, 0.5) is 0 Å². The topological polar surface area (TPSA) is 64.5 Å². The third kappa shape index (κ3) is 2.94. The number of ether oxygens (including phenoxy) is 2. The number of para-hydroxylation sites is 1. The number of rotatable bonds is 4. The molecular formula is C13H13ClN2O3. The highest BCUT2D eigenvalue weighted by atomic mass is 35.5. The molecule has 0 spiro atoms. The first-order valence-electron chi connectivity index (χ1n) is 5.60. The fourth-order valence-electron chi connectivity index (χ4n) is 1.54. The molecule has 0 amide bonds. The quantitative estimate of drug-likeness (QED) is 0.932. The molecule has 1 aromatic carbocycles. The molecule has 0 unspecified atom stereocenters. The maximum atomic E-state index is 10.1. The highest BCUT2D eigenvalue weighted by Crippen LogP contribution is 2.35. The summed E-state index contributed by atoms with van der Waals surface area (Å²) in [6.07, 6.45) is 0. The maximum absolute atomic E-state index is 10.1. The van der Waals surface area contributed by atoms with Gasteiger partial charge in [0.1, 0.15) is 5.75 Å². The summed E-state index contributed by atoms with van der Waals surface area (Å²) < 4.78 is 10.5. The Bertz CT molecular complexity index is 590. The monoisotopic (exact) mass is 280 g/mol. The summed E-state index contributed by atoms with van der Waals surface area (Å²) in [6.45, 7) is 2.02. The third-order valence-corrected chi connectivity index (χ3v) is 2.86. The molecule has 5 nitrogen and oxygen atoms in total. The van der Waals surface area contributed by atoms with Gasteiger partial charge in [0.25, 0.3) is 5.88 Å². The Morgan fingerprint density at radius 3 is 2.68 bits per heavy atom. The molecule has 0 fully saturated rings. The van der Waals surface area contributed by atoms with Crippen LogP contribution in [0.2, 0.25) is 5.15 Å². The van der Waals surface area contributed by atoms with E-state index in [1.165, 1.54) is 7.11 Å². The SMILES string of the molecule is COCc1c(Cl)nnc(Oc2ccccc2C)c1O. The molecule has 2 aromatic rings. The van der Waals surface area contributed by atoms with Crippen molar-refractivity contribution in [2.24, 2.45) is 0 Å². The second-order valence-corrected chi connectivity index (χ2v) is 4.28. The van der Waals surface area contributed by atoms with Gasteiger partial charge in [0, 0.05) is 7.11 Å². The van der Waals surface area contributed by atoms with Crippen molar-refractivity contribution in [1.29, 1.82) is 0 Å². The standard InChI is InChI=1S/C13H13ClN2O3/c1-8-5-3-4-6-10(8)19-13-11(17)9(7-18-2)12(14)15-16-13/h3-6H,7H2,1-2H3,(H,15,17). The number of benzene rings is 1. The summed E-state index contributed by atoms with van der Waals surface area (Å²) in [7, 11) is 1.50. The highest BCUT2D eigenvalue weighted by molar-refractivity contribution is 6.30. The van der Waals surface area contributed by atoms with Gasteiger partial charge in [-0.25, -0.2) is 0 Å². The average Bonchev–Trinajstić information content (AvgIpc) is 2.40. The van der Waals surface area contributed by atoms with Crippen LogP contribution in [0.15, 0.2) is 24.3 Å². The molecule has 6 heteroatoms. The zero-order valence-corrected chi connectivity index (χ0v) is 11.3. The first-order valence-corrected chi connectivity index (χ1v) is 5.97. The minimum atomic E-state index is -0.162. The van der Waals surface area contributed by atoms with Gasteiger partial charge in [-0.3, -0.25) is 0 Å². The van der Waals surface area contributed by atoms with E-state index in [9.17, 15) is 5.11 Å².